The van der Waals surface area contributed by atoms with Crippen LogP contribution in [0, 0.1) is 6.92 Å². The van der Waals surface area contributed by atoms with Crippen LogP contribution < -0.4 is 14.8 Å². The highest BCUT2D eigenvalue weighted by atomic mass is 16.5. The van der Waals surface area contributed by atoms with Crippen LogP contribution in [0.5, 0.6) is 11.5 Å². The molecule has 1 aliphatic carbocycles. The van der Waals surface area contributed by atoms with Gasteiger partial charge >= 0.3 is 0 Å². The summed E-state index contributed by atoms with van der Waals surface area (Å²) in [5.41, 5.74) is 5.74. The highest BCUT2D eigenvalue weighted by molar-refractivity contribution is 5.94. The van der Waals surface area contributed by atoms with Gasteiger partial charge in [-0.25, -0.2) is 4.68 Å². The largest absolute Gasteiger partial charge is 0.497 e. The Morgan fingerprint density at radius 2 is 1.97 bits per heavy atom. The number of nitrogens with one attached hydrogen (secondary N) is 1. The van der Waals surface area contributed by atoms with E-state index in [0.29, 0.717) is 18.0 Å². The molecule has 6 nitrogen and oxygen atoms in total. The molecule has 1 aliphatic rings. The molecule has 2 aromatic carbocycles. The molecule has 6 heteroatoms. The number of para-hydroxylation sites is 1. The SMILES string of the molecule is COc1ccc(OC)c(CNC(=O)c2nn(-c3ccccc3C)c3c2CCC3)c1. The molecular weight excluding hydrogens is 366 g/mol. The molecule has 0 bridgehead atoms. The molecule has 1 heterocycles. The second-order valence-corrected chi connectivity index (χ2v) is 7.19. The van der Waals surface area contributed by atoms with Gasteiger partial charge in [0.25, 0.3) is 5.91 Å². The standard InChI is InChI=1S/C23H25N3O3/c1-15-7-4-5-9-19(15)26-20-10-6-8-18(20)22(25-26)23(27)24-14-16-13-17(28-2)11-12-21(16)29-3/h4-5,7,9,11-13H,6,8,10,14H2,1-3H3,(H,24,27). The van der Waals surface area contributed by atoms with Crippen molar-refractivity contribution in [3.63, 3.8) is 0 Å². The predicted molar refractivity (Wildman–Crippen MR) is 111 cm³/mol. The first-order chi connectivity index (χ1) is 14.1. The van der Waals surface area contributed by atoms with Crippen LogP contribution in [0.25, 0.3) is 5.69 Å². The molecule has 1 amide bonds. The fraction of sp³-hybridized carbons (Fsp3) is 0.304. The number of nitrogens with zero attached hydrogens (tertiary/aromatic N) is 2. The zero-order valence-corrected chi connectivity index (χ0v) is 17.0. The third-order valence-electron chi connectivity index (χ3n) is 5.42. The lowest BCUT2D eigenvalue weighted by molar-refractivity contribution is 0.0944. The van der Waals surface area contributed by atoms with Gasteiger partial charge in [0.05, 0.1) is 19.9 Å². The number of aryl methyl sites for hydroxylation is 1. The van der Waals surface area contributed by atoms with Crippen LogP contribution in [0.4, 0.5) is 0 Å². The number of benzene rings is 2. The summed E-state index contributed by atoms with van der Waals surface area (Å²) in [5.74, 6) is 1.27. The van der Waals surface area contributed by atoms with Gasteiger partial charge in [0.15, 0.2) is 5.69 Å². The second kappa shape index (κ2) is 7.99. The number of hydrogen-bond acceptors (Lipinski definition) is 4. The minimum absolute atomic E-state index is 0.166. The smallest absolute Gasteiger partial charge is 0.272 e. The highest BCUT2D eigenvalue weighted by Crippen LogP contribution is 2.29. The van der Waals surface area contributed by atoms with Gasteiger partial charge in [-0.1, -0.05) is 18.2 Å². The van der Waals surface area contributed by atoms with Gasteiger partial charge in [0.2, 0.25) is 0 Å². The molecule has 0 saturated carbocycles. The van der Waals surface area contributed by atoms with Gasteiger partial charge in [0, 0.05) is 23.4 Å². The Morgan fingerprint density at radius 1 is 1.14 bits per heavy atom. The summed E-state index contributed by atoms with van der Waals surface area (Å²) >= 11 is 0. The van der Waals surface area contributed by atoms with E-state index in [1.807, 2.05) is 41.1 Å². The van der Waals surface area contributed by atoms with Crippen molar-refractivity contribution < 1.29 is 14.3 Å². The van der Waals surface area contributed by atoms with Crippen molar-refractivity contribution in [2.45, 2.75) is 32.7 Å². The van der Waals surface area contributed by atoms with Crippen molar-refractivity contribution in [3.8, 4) is 17.2 Å². The van der Waals surface area contributed by atoms with Crippen LogP contribution in [0.15, 0.2) is 42.5 Å². The zero-order valence-electron chi connectivity index (χ0n) is 17.0. The fourth-order valence-corrected chi connectivity index (χ4v) is 3.90. The first-order valence-electron chi connectivity index (χ1n) is 9.78. The molecule has 1 aromatic heterocycles. The molecule has 0 aliphatic heterocycles. The Morgan fingerprint density at radius 3 is 2.72 bits per heavy atom. The Hall–Kier alpha value is -3.28. The zero-order chi connectivity index (χ0) is 20.4. The van der Waals surface area contributed by atoms with E-state index in [-0.39, 0.29) is 5.91 Å². The summed E-state index contributed by atoms with van der Waals surface area (Å²) < 4.78 is 12.6. The lowest BCUT2D eigenvalue weighted by atomic mass is 10.1. The number of carbonyl (C=O) groups excluding carboxylic acids is 1. The summed E-state index contributed by atoms with van der Waals surface area (Å²) in [6.45, 7) is 2.40. The van der Waals surface area contributed by atoms with Gasteiger partial charge in [-0.05, 0) is 56.0 Å². The van der Waals surface area contributed by atoms with Gasteiger partial charge in [-0.2, -0.15) is 5.10 Å². The number of rotatable bonds is 6. The fourth-order valence-electron chi connectivity index (χ4n) is 3.90. The summed E-state index contributed by atoms with van der Waals surface area (Å²) in [4.78, 5) is 13.0. The number of methoxy groups -OCH3 is 2. The second-order valence-electron chi connectivity index (χ2n) is 7.19. The first-order valence-corrected chi connectivity index (χ1v) is 9.78. The van der Waals surface area contributed by atoms with E-state index in [4.69, 9.17) is 14.6 Å². The summed E-state index contributed by atoms with van der Waals surface area (Å²) in [6, 6.07) is 13.7. The topological polar surface area (TPSA) is 65.4 Å². The lowest BCUT2D eigenvalue weighted by Crippen LogP contribution is -2.24. The van der Waals surface area contributed by atoms with Crippen LogP contribution in [0.2, 0.25) is 0 Å². The van der Waals surface area contributed by atoms with Gasteiger partial charge in [0.1, 0.15) is 11.5 Å². The Balaban J connectivity index is 1.61. The number of aromatic nitrogens is 2. The maximum Gasteiger partial charge on any atom is 0.272 e. The van der Waals surface area contributed by atoms with E-state index in [9.17, 15) is 4.79 Å². The monoisotopic (exact) mass is 391 g/mol. The van der Waals surface area contributed by atoms with E-state index in [2.05, 4.69) is 18.3 Å². The molecule has 4 rings (SSSR count). The lowest BCUT2D eigenvalue weighted by Gasteiger charge is -2.11. The maximum atomic E-state index is 13.0. The maximum absolute atomic E-state index is 13.0. The molecular formula is C23H25N3O3. The number of amides is 1. The molecule has 0 spiro atoms. The number of hydrogen-bond donors (Lipinski definition) is 1. The molecule has 0 saturated heterocycles. The predicted octanol–water partition coefficient (Wildman–Crippen LogP) is 3.62. The van der Waals surface area contributed by atoms with Crippen molar-refractivity contribution in [1.29, 1.82) is 0 Å². The minimum atomic E-state index is -0.166. The van der Waals surface area contributed by atoms with Crippen LogP contribution >= 0.6 is 0 Å². The average molecular weight is 391 g/mol. The normalized spacial score (nSPS) is 12.5. The van der Waals surface area contributed by atoms with E-state index >= 15 is 0 Å². The average Bonchev–Trinajstić information content (AvgIpc) is 3.35. The van der Waals surface area contributed by atoms with Gasteiger partial charge in [-0.3, -0.25) is 4.79 Å². The number of ether oxygens (including phenoxy) is 2. The summed E-state index contributed by atoms with van der Waals surface area (Å²) in [6.07, 6.45) is 2.86. The third-order valence-corrected chi connectivity index (χ3v) is 5.42. The van der Waals surface area contributed by atoms with Crippen LogP contribution in [0.3, 0.4) is 0 Å². The van der Waals surface area contributed by atoms with Crippen LogP contribution in [-0.2, 0) is 19.4 Å². The van der Waals surface area contributed by atoms with Crippen molar-refractivity contribution in [1.82, 2.24) is 15.1 Å². The summed E-state index contributed by atoms with van der Waals surface area (Å²) in [7, 11) is 3.23. The highest BCUT2D eigenvalue weighted by Gasteiger charge is 2.27. The molecule has 0 unspecified atom stereocenters. The van der Waals surface area contributed by atoms with Crippen molar-refractivity contribution >= 4 is 5.91 Å². The number of carbonyl (C=O) groups is 1. The molecule has 0 atom stereocenters. The molecule has 1 N–H and O–H groups in total. The number of fused-ring (bicyclic) bond motifs is 1. The minimum Gasteiger partial charge on any atom is -0.497 e. The van der Waals surface area contributed by atoms with Crippen LogP contribution in [-0.4, -0.2) is 29.9 Å². The molecule has 0 fully saturated rings. The van der Waals surface area contributed by atoms with Crippen LogP contribution in [0.1, 0.15) is 39.3 Å². The van der Waals surface area contributed by atoms with Crippen molar-refractivity contribution in [3.05, 3.63) is 70.5 Å². The quantitative estimate of drug-likeness (QED) is 0.697. The van der Waals surface area contributed by atoms with E-state index < -0.39 is 0 Å². The van der Waals surface area contributed by atoms with Gasteiger partial charge < -0.3 is 14.8 Å². The third kappa shape index (κ3) is 3.58. The Bertz CT molecular complexity index is 1060. The Labute approximate surface area is 170 Å². The summed E-state index contributed by atoms with van der Waals surface area (Å²) in [5, 5.41) is 7.70. The van der Waals surface area contributed by atoms with E-state index in [1.165, 1.54) is 0 Å². The van der Waals surface area contributed by atoms with Crippen molar-refractivity contribution in [2.75, 3.05) is 14.2 Å². The van der Waals surface area contributed by atoms with E-state index in [1.54, 1.807) is 14.2 Å². The van der Waals surface area contributed by atoms with E-state index in [0.717, 1.165) is 53.1 Å². The molecule has 150 valence electrons. The van der Waals surface area contributed by atoms with Crippen molar-refractivity contribution in [2.24, 2.45) is 0 Å². The molecule has 0 radical (unpaired) electrons. The molecule has 29 heavy (non-hydrogen) atoms. The Kier molecular flexibility index (Phi) is 5.25. The molecule has 3 aromatic rings. The first kappa shape index (κ1) is 19.1. The van der Waals surface area contributed by atoms with Gasteiger partial charge in [-0.15, -0.1) is 0 Å².